The first kappa shape index (κ1) is 13.6. The van der Waals surface area contributed by atoms with Crippen molar-refractivity contribution >= 4 is 10.0 Å². The third-order valence-corrected chi connectivity index (χ3v) is 5.54. The van der Waals surface area contributed by atoms with Gasteiger partial charge in [0, 0.05) is 13.1 Å². The summed E-state index contributed by atoms with van der Waals surface area (Å²) in [4.78, 5) is 0.450. The van der Waals surface area contributed by atoms with E-state index < -0.39 is 10.0 Å². The molecule has 4 heteroatoms. The van der Waals surface area contributed by atoms with E-state index in [2.05, 4.69) is 13.8 Å². The van der Waals surface area contributed by atoms with Crippen molar-refractivity contribution in [2.24, 2.45) is 11.8 Å². The highest BCUT2D eigenvalue weighted by Gasteiger charge is 2.32. The van der Waals surface area contributed by atoms with Gasteiger partial charge in [-0.1, -0.05) is 32.0 Å². The summed E-state index contributed by atoms with van der Waals surface area (Å²) >= 11 is 0. The molecule has 1 aliphatic heterocycles. The van der Waals surface area contributed by atoms with E-state index in [1.54, 1.807) is 16.4 Å². The van der Waals surface area contributed by atoms with Gasteiger partial charge >= 0.3 is 0 Å². The maximum Gasteiger partial charge on any atom is 0.243 e. The maximum absolute atomic E-state index is 12.6. The van der Waals surface area contributed by atoms with Gasteiger partial charge in [-0.25, -0.2) is 8.42 Å². The topological polar surface area (TPSA) is 37.4 Å². The first-order valence-corrected chi connectivity index (χ1v) is 7.91. The van der Waals surface area contributed by atoms with E-state index in [4.69, 9.17) is 0 Å². The van der Waals surface area contributed by atoms with E-state index in [1.807, 2.05) is 19.1 Å². The monoisotopic (exact) mass is 267 g/mol. The van der Waals surface area contributed by atoms with Crippen LogP contribution in [0, 0.1) is 18.8 Å². The lowest BCUT2D eigenvalue weighted by Crippen LogP contribution is -2.42. The van der Waals surface area contributed by atoms with Gasteiger partial charge in [0.2, 0.25) is 10.0 Å². The molecule has 1 saturated heterocycles. The van der Waals surface area contributed by atoms with E-state index in [-0.39, 0.29) is 0 Å². The first-order valence-electron chi connectivity index (χ1n) is 6.47. The number of rotatable bonds is 2. The quantitative estimate of drug-likeness (QED) is 0.826. The Labute approximate surface area is 110 Å². The van der Waals surface area contributed by atoms with Gasteiger partial charge in [0.15, 0.2) is 0 Å². The van der Waals surface area contributed by atoms with Gasteiger partial charge in [-0.2, -0.15) is 4.31 Å². The Bertz CT molecular complexity index is 514. The van der Waals surface area contributed by atoms with Crippen molar-refractivity contribution in [1.29, 1.82) is 0 Å². The van der Waals surface area contributed by atoms with E-state index in [0.717, 1.165) is 12.0 Å². The Morgan fingerprint density at radius 3 is 2.22 bits per heavy atom. The molecule has 100 valence electrons. The van der Waals surface area contributed by atoms with Gasteiger partial charge in [-0.3, -0.25) is 0 Å². The summed E-state index contributed by atoms with van der Waals surface area (Å²) in [5, 5.41) is 0. The molecule has 0 aliphatic carbocycles. The van der Waals surface area contributed by atoms with Gasteiger partial charge in [0.05, 0.1) is 4.90 Å². The largest absolute Gasteiger partial charge is 0.243 e. The fraction of sp³-hybridized carbons (Fsp3) is 0.571. The van der Waals surface area contributed by atoms with Crippen molar-refractivity contribution in [3.63, 3.8) is 0 Å². The van der Waals surface area contributed by atoms with Crippen LogP contribution in [-0.2, 0) is 10.0 Å². The minimum atomic E-state index is -3.33. The third kappa shape index (κ3) is 2.59. The summed E-state index contributed by atoms with van der Waals surface area (Å²) in [6.07, 6.45) is 1.11. The lowest BCUT2D eigenvalue weighted by atomic mass is 9.94. The van der Waals surface area contributed by atoms with Crippen LogP contribution < -0.4 is 0 Å². The molecule has 1 heterocycles. The van der Waals surface area contributed by atoms with E-state index in [1.165, 1.54) is 0 Å². The maximum atomic E-state index is 12.6. The zero-order valence-electron chi connectivity index (χ0n) is 11.3. The number of nitrogens with zero attached hydrogens (tertiary/aromatic N) is 1. The van der Waals surface area contributed by atoms with E-state index in [9.17, 15) is 8.42 Å². The van der Waals surface area contributed by atoms with Gasteiger partial charge in [0.25, 0.3) is 0 Å². The second-order valence-electron chi connectivity index (χ2n) is 5.53. The molecule has 0 N–H and O–H groups in total. The standard InChI is InChI=1S/C14H21NO2S/c1-11-8-12(2)10-15(9-11)18(16,17)14-7-5-4-6-13(14)3/h4-7,11-12H,8-10H2,1-3H3. The van der Waals surface area contributed by atoms with Gasteiger partial charge in [-0.05, 0) is 36.8 Å². The summed E-state index contributed by atoms with van der Waals surface area (Å²) in [6.45, 7) is 7.37. The van der Waals surface area contributed by atoms with Crippen LogP contribution in [0.3, 0.4) is 0 Å². The predicted octanol–water partition coefficient (Wildman–Crippen LogP) is 2.66. The molecule has 0 bridgehead atoms. The number of hydrogen-bond donors (Lipinski definition) is 0. The van der Waals surface area contributed by atoms with Gasteiger partial charge in [-0.15, -0.1) is 0 Å². The number of aryl methyl sites for hydroxylation is 1. The lowest BCUT2D eigenvalue weighted by molar-refractivity contribution is 0.222. The van der Waals surface area contributed by atoms with Crippen molar-refractivity contribution in [3.8, 4) is 0 Å². The number of piperidine rings is 1. The summed E-state index contributed by atoms with van der Waals surface area (Å²) in [6, 6.07) is 7.21. The lowest BCUT2D eigenvalue weighted by Gasteiger charge is -2.34. The average molecular weight is 267 g/mol. The van der Waals surface area contributed by atoms with Crippen LogP contribution in [0.5, 0.6) is 0 Å². The van der Waals surface area contributed by atoms with Crippen LogP contribution in [0.1, 0.15) is 25.8 Å². The summed E-state index contributed by atoms with van der Waals surface area (Å²) in [5.41, 5.74) is 0.823. The summed E-state index contributed by atoms with van der Waals surface area (Å²) < 4.78 is 26.9. The Hall–Kier alpha value is -0.870. The molecular formula is C14H21NO2S. The molecule has 18 heavy (non-hydrogen) atoms. The SMILES string of the molecule is Cc1ccccc1S(=O)(=O)N1CC(C)CC(C)C1. The van der Waals surface area contributed by atoms with Crippen molar-refractivity contribution < 1.29 is 8.42 Å². The van der Waals surface area contributed by atoms with Crippen LogP contribution in [0.15, 0.2) is 29.2 Å². The minimum Gasteiger partial charge on any atom is -0.207 e. The number of benzene rings is 1. The van der Waals surface area contributed by atoms with Crippen molar-refractivity contribution in [3.05, 3.63) is 29.8 Å². The van der Waals surface area contributed by atoms with Gasteiger partial charge < -0.3 is 0 Å². The molecule has 0 radical (unpaired) electrons. The average Bonchev–Trinajstić information content (AvgIpc) is 2.28. The van der Waals surface area contributed by atoms with E-state index >= 15 is 0 Å². The van der Waals surface area contributed by atoms with Crippen molar-refractivity contribution in [2.45, 2.75) is 32.1 Å². The van der Waals surface area contributed by atoms with Crippen LogP contribution in [0.2, 0.25) is 0 Å². The van der Waals surface area contributed by atoms with Crippen LogP contribution >= 0.6 is 0 Å². The second-order valence-corrected chi connectivity index (χ2v) is 7.44. The Morgan fingerprint density at radius 2 is 1.67 bits per heavy atom. The summed E-state index contributed by atoms with van der Waals surface area (Å²) in [7, 11) is -3.33. The fourth-order valence-electron chi connectivity index (χ4n) is 2.79. The Morgan fingerprint density at radius 1 is 1.11 bits per heavy atom. The van der Waals surface area contributed by atoms with Crippen LogP contribution in [0.25, 0.3) is 0 Å². The van der Waals surface area contributed by atoms with Crippen molar-refractivity contribution in [2.75, 3.05) is 13.1 Å². The zero-order chi connectivity index (χ0) is 13.3. The van der Waals surface area contributed by atoms with Crippen LogP contribution in [0.4, 0.5) is 0 Å². The summed E-state index contributed by atoms with van der Waals surface area (Å²) in [5.74, 6) is 0.875. The molecule has 3 nitrogen and oxygen atoms in total. The van der Waals surface area contributed by atoms with Gasteiger partial charge in [0.1, 0.15) is 0 Å². The molecule has 2 atom stereocenters. The molecule has 0 spiro atoms. The second kappa shape index (κ2) is 5.02. The molecule has 1 aliphatic rings. The fourth-order valence-corrected chi connectivity index (χ4v) is 4.69. The molecule has 0 amide bonds. The molecule has 1 aromatic rings. The van der Waals surface area contributed by atoms with Crippen LogP contribution in [-0.4, -0.2) is 25.8 Å². The Kier molecular flexibility index (Phi) is 3.78. The number of hydrogen-bond acceptors (Lipinski definition) is 2. The minimum absolute atomic E-state index is 0.438. The highest BCUT2D eigenvalue weighted by Crippen LogP contribution is 2.27. The molecule has 1 aromatic carbocycles. The third-order valence-electron chi connectivity index (χ3n) is 3.55. The predicted molar refractivity (Wildman–Crippen MR) is 72.9 cm³/mol. The normalized spacial score (nSPS) is 26.2. The zero-order valence-corrected chi connectivity index (χ0v) is 12.1. The molecular weight excluding hydrogens is 246 g/mol. The van der Waals surface area contributed by atoms with Crippen molar-refractivity contribution in [1.82, 2.24) is 4.31 Å². The molecule has 1 fully saturated rings. The molecule has 0 aromatic heterocycles. The molecule has 2 rings (SSSR count). The molecule has 2 unspecified atom stereocenters. The highest BCUT2D eigenvalue weighted by molar-refractivity contribution is 7.89. The highest BCUT2D eigenvalue weighted by atomic mass is 32.2. The smallest absolute Gasteiger partial charge is 0.207 e. The number of sulfonamides is 1. The van der Waals surface area contributed by atoms with E-state index in [0.29, 0.717) is 29.8 Å². The Balaban J connectivity index is 2.34. The molecule has 0 saturated carbocycles. The first-order chi connectivity index (χ1) is 8.41.